The van der Waals surface area contributed by atoms with Crippen molar-refractivity contribution >= 4 is 11.6 Å². The zero-order chi connectivity index (χ0) is 13.2. The Kier molecular flexibility index (Phi) is 3.03. The van der Waals surface area contributed by atoms with E-state index >= 15 is 0 Å². The van der Waals surface area contributed by atoms with Crippen molar-refractivity contribution < 1.29 is 4.79 Å². The van der Waals surface area contributed by atoms with Crippen LogP contribution in [0.2, 0.25) is 0 Å². The zero-order valence-electron chi connectivity index (χ0n) is 11.0. The third-order valence-corrected chi connectivity index (χ3v) is 3.59. The maximum absolute atomic E-state index is 11.6. The molecule has 0 atom stereocenters. The molecule has 1 aromatic heterocycles. The fraction of sp³-hybridized carbons (Fsp3) is 0.250. The summed E-state index contributed by atoms with van der Waals surface area (Å²) in [6, 6.07) is 10.3. The van der Waals surface area contributed by atoms with Gasteiger partial charge in [0.15, 0.2) is 0 Å². The molecule has 0 spiro atoms. The lowest BCUT2D eigenvalue weighted by Gasteiger charge is -2.29. The first-order valence-corrected chi connectivity index (χ1v) is 6.57. The molecule has 2 aromatic rings. The molecule has 0 N–H and O–H groups in total. The Labute approximate surface area is 112 Å². The maximum Gasteiger partial charge on any atom is 0.223 e. The van der Waals surface area contributed by atoms with E-state index in [9.17, 15) is 4.79 Å². The predicted octanol–water partition coefficient (Wildman–Crippen LogP) is 3.05. The van der Waals surface area contributed by atoms with E-state index in [0.29, 0.717) is 0 Å². The second-order valence-electron chi connectivity index (χ2n) is 4.85. The van der Waals surface area contributed by atoms with Crippen LogP contribution in [-0.4, -0.2) is 17.4 Å². The maximum atomic E-state index is 11.6. The number of hydrogen-bond donors (Lipinski definition) is 0. The molecule has 3 heteroatoms. The van der Waals surface area contributed by atoms with Gasteiger partial charge in [0.2, 0.25) is 5.91 Å². The Bertz CT molecular complexity index is 607. The first-order chi connectivity index (χ1) is 9.25. The average molecular weight is 252 g/mol. The van der Waals surface area contributed by atoms with E-state index in [1.807, 2.05) is 17.0 Å². The minimum Gasteiger partial charge on any atom is -0.312 e. The third kappa shape index (κ3) is 2.24. The monoisotopic (exact) mass is 252 g/mol. The van der Waals surface area contributed by atoms with E-state index in [2.05, 4.69) is 23.2 Å². The molecule has 2 heterocycles. The molecule has 3 rings (SSSR count). The SMILES string of the molecule is CC(=O)N1CCCc2cc(-c3ccncc3)ccc21. The minimum atomic E-state index is 0.123. The summed E-state index contributed by atoms with van der Waals surface area (Å²) in [6.45, 7) is 2.46. The molecule has 0 saturated carbocycles. The van der Waals surface area contributed by atoms with Gasteiger partial charge >= 0.3 is 0 Å². The molecule has 0 aliphatic carbocycles. The van der Waals surface area contributed by atoms with Crippen LogP contribution >= 0.6 is 0 Å². The quantitative estimate of drug-likeness (QED) is 0.781. The van der Waals surface area contributed by atoms with Gasteiger partial charge in [0, 0.05) is 31.5 Å². The van der Waals surface area contributed by atoms with Crippen molar-refractivity contribution in [3.63, 3.8) is 0 Å². The Morgan fingerprint density at radius 3 is 2.68 bits per heavy atom. The summed E-state index contributed by atoms with van der Waals surface area (Å²) in [5.41, 5.74) is 4.68. The van der Waals surface area contributed by atoms with Crippen LogP contribution in [0.3, 0.4) is 0 Å². The molecule has 0 radical (unpaired) electrons. The normalized spacial score (nSPS) is 14.1. The van der Waals surface area contributed by atoms with Crippen LogP contribution in [0, 0.1) is 0 Å². The van der Waals surface area contributed by atoms with Gasteiger partial charge in [-0.05, 0) is 53.8 Å². The van der Waals surface area contributed by atoms with E-state index < -0.39 is 0 Å². The molecule has 1 amide bonds. The molecule has 1 aliphatic rings. The highest BCUT2D eigenvalue weighted by molar-refractivity contribution is 5.93. The van der Waals surface area contributed by atoms with Gasteiger partial charge in [-0.25, -0.2) is 0 Å². The summed E-state index contributed by atoms with van der Waals surface area (Å²) < 4.78 is 0. The van der Waals surface area contributed by atoms with Crippen LogP contribution in [-0.2, 0) is 11.2 Å². The van der Waals surface area contributed by atoms with Gasteiger partial charge in [0.25, 0.3) is 0 Å². The number of rotatable bonds is 1. The number of amides is 1. The van der Waals surface area contributed by atoms with Crippen molar-refractivity contribution in [1.82, 2.24) is 4.98 Å². The molecule has 0 saturated heterocycles. The van der Waals surface area contributed by atoms with Crippen LogP contribution in [0.15, 0.2) is 42.7 Å². The minimum absolute atomic E-state index is 0.123. The van der Waals surface area contributed by atoms with Crippen LogP contribution < -0.4 is 4.90 Å². The van der Waals surface area contributed by atoms with Crippen molar-refractivity contribution in [1.29, 1.82) is 0 Å². The number of aryl methyl sites for hydroxylation is 1. The molecule has 0 bridgehead atoms. The van der Waals surface area contributed by atoms with Gasteiger partial charge in [-0.1, -0.05) is 6.07 Å². The third-order valence-electron chi connectivity index (χ3n) is 3.59. The number of carbonyl (C=O) groups is 1. The summed E-state index contributed by atoms with van der Waals surface area (Å²) >= 11 is 0. The molecule has 1 aromatic carbocycles. The van der Waals surface area contributed by atoms with Crippen LogP contribution in [0.1, 0.15) is 18.9 Å². The number of aromatic nitrogens is 1. The summed E-state index contributed by atoms with van der Waals surface area (Å²) in [5, 5.41) is 0. The van der Waals surface area contributed by atoms with E-state index in [1.165, 1.54) is 11.1 Å². The van der Waals surface area contributed by atoms with Crippen LogP contribution in [0.5, 0.6) is 0 Å². The fourth-order valence-electron chi connectivity index (χ4n) is 2.65. The molecular weight excluding hydrogens is 236 g/mol. The highest BCUT2D eigenvalue weighted by atomic mass is 16.2. The van der Waals surface area contributed by atoms with Crippen LogP contribution in [0.25, 0.3) is 11.1 Å². The Morgan fingerprint density at radius 1 is 1.16 bits per heavy atom. The van der Waals surface area contributed by atoms with Crippen molar-refractivity contribution in [3.05, 3.63) is 48.3 Å². The summed E-state index contributed by atoms with van der Waals surface area (Å²) in [5.74, 6) is 0.123. The van der Waals surface area contributed by atoms with Gasteiger partial charge < -0.3 is 4.90 Å². The zero-order valence-corrected chi connectivity index (χ0v) is 11.0. The van der Waals surface area contributed by atoms with Gasteiger partial charge in [-0.3, -0.25) is 9.78 Å². The van der Waals surface area contributed by atoms with E-state index in [0.717, 1.165) is 30.6 Å². The van der Waals surface area contributed by atoms with Crippen molar-refractivity contribution in [3.8, 4) is 11.1 Å². The van der Waals surface area contributed by atoms with Gasteiger partial charge in [0.1, 0.15) is 0 Å². The summed E-state index contributed by atoms with van der Waals surface area (Å²) in [6.07, 6.45) is 5.68. The van der Waals surface area contributed by atoms with Crippen molar-refractivity contribution in [2.45, 2.75) is 19.8 Å². The number of fused-ring (bicyclic) bond motifs is 1. The summed E-state index contributed by atoms with van der Waals surface area (Å²) in [4.78, 5) is 17.5. The van der Waals surface area contributed by atoms with Crippen LogP contribution in [0.4, 0.5) is 5.69 Å². The first-order valence-electron chi connectivity index (χ1n) is 6.57. The Balaban J connectivity index is 2.03. The largest absolute Gasteiger partial charge is 0.312 e. The van der Waals surface area contributed by atoms with Crippen molar-refractivity contribution in [2.24, 2.45) is 0 Å². The number of carbonyl (C=O) groups excluding carboxylic acids is 1. The number of benzene rings is 1. The Morgan fingerprint density at radius 2 is 1.95 bits per heavy atom. The number of anilines is 1. The molecule has 0 fully saturated rings. The highest BCUT2D eigenvalue weighted by Crippen LogP contribution is 2.31. The molecule has 0 unspecified atom stereocenters. The fourth-order valence-corrected chi connectivity index (χ4v) is 2.65. The lowest BCUT2D eigenvalue weighted by atomic mass is 9.96. The summed E-state index contributed by atoms with van der Waals surface area (Å²) in [7, 11) is 0. The van der Waals surface area contributed by atoms with Gasteiger partial charge in [-0.2, -0.15) is 0 Å². The number of pyridine rings is 1. The first kappa shape index (κ1) is 11.9. The molecule has 19 heavy (non-hydrogen) atoms. The molecular formula is C16H16N2O. The van der Waals surface area contributed by atoms with Gasteiger partial charge in [0.05, 0.1) is 0 Å². The van der Waals surface area contributed by atoms with Crippen molar-refractivity contribution in [2.75, 3.05) is 11.4 Å². The van der Waals surface area contributed by atoms with E-state index in [-0.39, 0.29) is 5.91 Å². The highest BCUT2D eigenvalue weighted by Gasteiger charge is 2.19. The predicted molar refractivity (Wildman–Crippen MR) is 76.0 cm³/mol. The molecule has 96 valence electrons. The lowest BCUT2D eigenvalue weighted by molar-refractivity contribution is -0.116. The topological polar surface area (TPSA) is 33.2 Å². The number of hydrogen-bond acceptors (Lipinski definition) is 2. The lowest BCUT2D eigenvalue weighted by Crippen LogP contribution is -2.33. The molecule has 1 aliphatic heterocycles. The standard InChI is InChI=1S/C16H16N2O/c1-12(19)18-10-2-3-15-11-14(4-5-16(15)18)13-6-8-17-9-7-13/h4-9,11H,2-3,10H2,1H3. The smallest absolute Gasteiger partial charge is 0.223 e. The second kappa shape index (κ2) is 4.84. The van der Waals surface area contributed by atoms with E-state index in [1.54, 1.807) is 19.3 Å². The second-order valence-corrected chi connectivity index (χ2v) is 4.85. The number of nitrogens with zero attached hydrogens (tertiary/aromatic N) is 2. The average Bonchev–Trinajstić information content (AvgIpc) is 2.47. The van der Waals surface area contributed by atoms with Gasteiger partial charge in [-0.15, -0.1) is 0 Å². The van der Waals surface area contributed by atoms with E-state index in [4.69, 9.17) is 0 Å². The molecule has 3 nitrogen and oxygen atoms in total. The Hall–Kier alpha value is -2.16.